The molecule has 0 saturated heterocycles. The van der Waals surface area contributed by atoms with Gasteiger partial charge in [0.05, 0.1) is 0 Å². The highest BCUT2D eigenvalue weighted by Gasteiger charge is 1.88. The second-order valence-electron chi connectivity index (χ2n) is 2.56. The first-order valence-corrected chi connectivity index (χ1v) is 3.60. The van der Waals surface area contributed by atoms with E-state index in [2.05, 4.69) is 33.4 Å². The molecule has 0 aromatic carbocycles. The maximum Gasteiger partial charge on any atom is -0.0111 e. The maximum absolute atomic E-state index is 3.64. The normalized spacial score (nSPS) is 13.5. The van der Waals surface area contributed by atoms with Crippen molar-refractivity contribution in [2.24, 2.45) is 0 Å². The maximum atomic E-state index is 3.64. The van der Waals surface area contributed by atoms with Crippen molar-refractivity contribution < 1.29 is 0 Å². The summed E-state index contributed by atoms with van der Waals surface area (Å²) in [5.41, 5.74) is 2.78. The standard InChI is InChI=1S/C10H16/c1-5-7-10(4)8-9(3)6-2/h5-7H,1,8H2,2-4H3/b9-6-,10-7?. The van der Waals surface area contributed by atoms with E-state index in [1.54, 1.807) is 0 Å². The van der Waals surface area contributed by atoms with E-state index in [4.69, 9.17) is 0 Å². The molecule has 0 aliphatic heterocycles. The predicted octanol–water partition coefficient (Wildman–Crippen LogP) is 3.48. The zero-order chi connectivity index (χ0) is 7.98. The largest absolute Gasteiger partial charge is 0.0991 e. The van der Waals surface area contributed by atoms with Crippen LogP contribution in [0, 0.1) is 0 Å². The van der Waals surface area contributed by atoms with Gasteiger partial charge in [0.15, 0.2) is 0 Å². The highest BCUT2D eigenvalue weighted by atomic mass is 13.9. The molecule has 0 radical (unpaired) electrons. The van der Waals surface area contributed by atoms with Gasteiger partial charge in [0.25, 0.3) is 0 Å². The Labute approximate surface area is 64.0 Å². The minimum absolute atomic E-state index is 1.07. The minimum atomic E-state index is 1.07. The van der Waals surface area contributed by atoms with Crippen LogP contribution in [0.5, 0.6) is 0 Å². The Kier molecular flexibility index (Phi) is 4.65. The van der Waals surface area contributed by atoms with Crippen LogP contribution < -0.4 is 0 Å². The van der Waals surface area contributed by atoms with Crippen molar-refractivity contribution in [1.82, 2.24) is 0 Å². The van der Waals surface area contributed by atoms with E-state index >= 15 is 0 Å². The van der Waals surface area contributed by atoms with E-state index in [0.29, 0.717) is 0 Å². The van der Waals surface area contributed by atoms with Gasteiger partial charge in [0.2, 0.25) is 0 Å². The molecular weight excluding hydrogens is 120 g/mol. The fourth-order valence-corrected chi connectivity index (χ4v) is 0.802. The molecule has 0 heterocycles. The van der Waals surface area contributed by atoms with Gasteiger partial charge in [-0.15, -0.1) is 0 Å². The lowest BCUT2D eigenvalue weighted by atomic mass is 10.1. The van der Waals surface area contributed by atoms with Gasteiger partial charge in [-0.2, -0.15) is 0 Å². The molecule has 0 amide bonds. The van der Waals surface area contributed by atoms with Crippen LogP contribution in [0.1, 0.15) is 27.2 Å². The molecule has 0 heteroatoms. The Balaban J connectivity index is 3.90. The summed E-state index contributed by atoms with van der Waals surface area (Å²) in [6.07, 6.45) is 7.09. The summed E-state index contributed by atoms with van der Waals surface area (Å²) in [7, 11) is 0. The van der Waals surface area contributed by atoms with Crippen molar-refractivity contribution in [1.29, 1.82) is 0 Å². The van der Waals surface area contributed by atoms with Crippen molar-refractivity contribution in [2.75, 3.05) is 0 Å². The Morgan fingerprint density at radius 2 is 1.90 bits per heavy atom. The molecule has 0 nitrogen and oxygen atoms in total. The zero-order valence-corrected chi connectivity index (χ0v) is 7.15. The fraction of sp³-hybridized carbons (Fsp3) is 0.400. The lowest BCUT2D eigenvalue weighted by Gasteiger charge is -1.98. The van der Waals surface area contributed by atoms with E-state index in [0.717, 1.165) is 6.42 Å². The molecule has 0 N–H and O–H groups in total. The van der Waals surface area contributed by atoms with Crippen LogP contribution in [0.25, 0.3) is 0 Å². The summed E-state index contributed by atoms with van der Waals surface area (Å²) < 4.78 is 0. The van der Waals surface area contributed by atoms with Crippen molar-refractivity contribution in [3.8, 4) is 0 Å². The lowest BCUT2D eigenvalue weighted by molar-refractivity contribution is 1.10. The lowest BCUT2D eigenvalue weighted by Crippen LogP contribution is -1.77. The molecule has 0 unspecified atom stereocenters. The Morgan fingerprint density at radius 1 is 1.30 bits per heavy atom. The van der Waals surface area contributed by atoms with Crippen LogP contribution in [0.15, 0.2) is 36.0 Å². The molecule has 10 heavy (non-hydrogen) atoms. The van der Waals surface area contributed by atoms with E-state index in [9.17, 15) is 0 Å². The molecule has 0 aliphatic rings. The van der Waals surface area contributed by atoms with Crippen LogP contribution >= 0.6 is 0 Å². The first-order valence-electron chi connectivity index (χ1n) is 3.60. The molecule has 0 saturated carbocycles. The van der Waals surface area contributed by atoms with Crippen LogP contribution in [0.4, 0.5) is 0 Å². The summed E-state index contributed by atoms with van der Waals surface area (Å²) >= 11 is 0. The Bertz CT molecular complexity index is 159. The van der Waals surface area contributed by atoms with Gasteiger partial charge in [-0.05, 0) is 27.2 Å². The fourth-order valence-electron chi connectivity index (χ4n) is 0.802. The van der Waals surface area contributed by atoms with Crippen LogP contribution in [-0.4, -0.2) is 0 Å². The molecule has 0 aromatic heterocycles. The molecule has 0 atom stereocenters. The summed E-state index contributed by atoms with van der Waals surface area (Å²) in [4.78, 5) is 0. The van der Waals surface area contributed by atoms with Crippen LogP contribution in [-0.2, 0) is 0 Å². The van der Waals surface area contributed by atoms with E-state index in [1.807, 2.05) is 12.2 Å². The third-order valence-electron chi connectivity index (χ3n) is 1.45. The van der Waals surface area contributed by atoms with Gasteiger partial charge < -0.3 is 0 Å². The van der Waals surface area contributed by atoms with Crippen molar-refractivity contribution in [2.45, 2.75) is 27.2 Å². The molecule has 56 valence electrons. The summed E-state index contributed by atoms with van der Waals surface area (Å²) in [5.74, 6) is 0. The van der Waals surface area contributed by atoms with Crippen LogP contribution in [0.2, 0.25) is 0 Å². The van der Waals surface area contributed by atoms with E-state index in [1.165, 1.54) is 11.1 Å². The Hall–Kier alpha value is -0.780. The second kappa shape index (κ2) is 5.04. The third-order valence-corrected chi connectivity index (χ3v) is 1.45. The molecule has 0 aromatic rings. The molecule has 0 fully saturated rings. The monoisotopic (exact) mass is 136 g/mol. The summed E-state index contributed by atoms with van der Waals surface area (Å²) in [6, 6.07) is 0. The van der Waals surface area contributed by atoms with Gasteiger partial charge in [-0.25, -0.2) is 0 Å². The van der Waals surface area contributed by atoms with E-state index < -0.39 is 0 Å². The highest BCUT2D eigenvalue weighted by Crippen LogP contribution is 2.08. The highest BCUT2D eigenvalue weighted by molar-refractivity contribution is 5.15. The number of hydrogen-bond donors (Lipinski definition) is 0. The van der Waals surface area contributed by atoms with Crippen molar-refractivity contribution >= 4 is 0 Å². The van der Waals surface area contributed by atoms with E-state index in [-0.39, 0.29) is 0 Å². The molecular formula is C10H16. The second-order valence-corrected chi connectivity index (χ2v) is 2.56. The summed E-state index contributed by atoms with van der Waals surface area (Å²) in [6.45, 7) is 9.96. The average Bonchev–Trinajstić information content (AvgIpc) is 1.88. The van der Waals surface area contributed by atoms with Gasteiger partial charge in [0.1, 0.15) is 0 Å². The molecule has 0 spiro atoms. The molecule has 0 rings (SSSR count). The number of hydrogen-bond acceptors (Lipinski definition) is 0. The average molecular weight is 136 g/mol. The quantitative estimate of drug-likeness (QED) is 0.411. The van der Waals surface area contributed by atoms with Crippen molar-refractivity contribution in [3.63, 3.8) is 0 Å². The predicted molar refractivity (Wildman–Crippen MR) is 48.0 cm³/mol. The number of allylic oxidation sites excluding steroid dienone is 5. The zero-order valence-electron chi connectivity index (χ0n) is 7.15. The van der Waals surface area contributed by atoms with Gasteiger partial charge in [0, 0.05) is 0 Å². The van der Waals surface area contributed by atoms with Gasteiger partial charge >= 0.3 is 0 Å². The first kappa shape index (κ1) is 9.22. The van der Waals surface area contributed by atoms with Crippen molar-refractivity contribution in [3.05, 3.63) is 36.0 Å². The minimum Gasteiger partial charge on any atom is -0.0991 e. The first-order chi connectivity index (χ1) is 4.70. The van der Waals surface area contributed by atoms with Crippen LogP contribution in [0.3, 0.4) is 0 Å². The number of rotatable bonds is 3. The SMILES string of the molecule is C=CC=C(C)C/C(C)=C\C. The third kappa shape index (κ3) is 4.13. The van der Waals surface area contributed by atoms with Gasteiger partial charge in [-0.1, -0.05) is 36.0 Å². The summed E-state index contributed by atoms with van der Waals surface area (Å²) in [5, 5.41) is 0. The molecule has 0 bridgehead atoms. The topological polar surface area (TPSA) is 0 Å². The smallest absolute Gasteiger partial charge is 0.0111 e. The molecule has 0 aliphatic carbocycles. The van der Waals surface area contributed by atoms with Gasteiger partial charge in [-0.3, -0.25) is 0 Å². The Morgan fingerprint density at radius 3 is 2.30 bits per heavy atom.